The van der Waals surface area contributed by atoms with Crippen LogP contribution in [0.15, 0.2) is 16.6 Å². The summed E-state index contributed by atoms with van der Waals surface area (Å²) >= 11 is 3.67. The third-order valence-electron chi connectivity index (χ3n) is 3.55. The van der Waals surface area contributed by atoms with Gasteiger partial charge in [0, 0.05) is 0 Å². The van der Waals surface area contributed by atoms with Gasteiger partial charge in [-0.2, -0.15) is 0 Å². The van der Waals surface area contributed by atoms with Crippen LogP contribution >= 0.6 is 15.9 Å². The number of hydrogen-bond donors (Lipinski definition) is 1. The van der Waals surface area contributed by atoms with E-state index in [4.69, 9.17) is 4.74 Å². The fourth-order valence-corrected chi connectivity index (χ4v) is 3.26. The highest BCUT2D eigenvalue weighted by Gasteiger charge is 2.17. The fourth-order valence-electron chi connectivity index (χ4n) is 2.49. The van der Waals surface area contributed by atoms with Crippen molar-refractivity contribution in [1.29, 1.82) is 0 Å². The number of benzene rings is 1. The lowest BCUT2D eigenvalue weighted by molar-refractivity contribution is 0.373. The summed E-state index contributed by atoms with van der Waals surface area (Å²) in [7, 11) is 1.72. The van der Waals surface area contributed by atoms with Gasteiger partial charge in [0.25, 0.3) is 0 Å². The van der Waals surface area contributed by atoms with Gasteiger partial charge in [0.2, 0.25) is 0 Å². The summed E-state index contributed by atoms with van der Waals surface area (Å²) in [5.74, 6) is 1.69. The van der Waals surface area contributed by atoms with Gasteiger partial charge in [0.1, 0.15) is 5.75 Å². The molecule has 0 spiro atoms. The molecule has 1 atom stereocenters. The Morgan fingerprint density at radius 1 is 1.47 bits per heavy atom. The summed E-state index contributed by atoms with van der Waals surface area (Å²) in [6.45, 7) is 4.49. The zero-order valence-electron chi connectivity index (χ0n) is 10.6. The first kappa shape index (κ1) is 12.9. The number of methoxy groups -OCH3 is 1. The van der Waals surface area contributed by atoms with Crippen molar-refractivity contribution in [3.63, 3.8) is 0 Å². The molecule has 0 saturated carbocycles. The van der Waals surface area contributed by atoms with E-state index in [9.17, 15) is 0 Å². The first-order valence-corrected chi connectivity index (χ1v) is 7.04. The van der Waals surface area contributed by atoms with Crippen LogP contribution in [0.25, 0.3) is 0 Å². The Kier molecular flexibility index (Phi) is 4.46. The molecule has 3 heteroatoms. The molecule has 1 saturated heterocycles. The molecule has 1 N–H and O–H groups in total. The van der Waals surface area contributed by atoms with Crippen LogP contribution < -0.4 is 10.1 Å². The summed E-state index contributed by atoms with van der Waals surface area (Å²) in [6, 6.07) is 4.18. The third kappa shape index (κ3) is 3.02. The average molecular weight is 298 g/mol. The molecule has 1 fully saturated rings. The summed E-state index contributed by atoms with van der Waals surface area (Å²) < 4.78 is 6.50. The maximum atomic E-state index is 5.37. The van der Waals surface area contributed by atoms with Gasteiger partial charge >= 0.3 is 0 Å². The predicted octanol–water partition coefficient (Wildman–Crippen LogP) is 3.31. The minimum atomic E-state index is 0.755. The van der Waals surface area contributed by atoms with Gasteiger partial charge < -0.3 is 10.1 Å². The van der Waals surface area contributed by atoms with Crippen molar-refractivity contribution < 1.29 is 4.74 Å². The highest BCUT2D eigenvalue weighted by atomic mass is 79.9. The Hall–Kier alpha value is -0.540. The zero-order chi connectivity index (χ0) is 12.3. The van der Waals surface area contributed by atoms with E-state index in [1.54, 1.807) is 7.11 Å². The van der Waals surface area contributed by atoms with Gasteiger partial charge in [-0.1, -0.05) is 6.07 Å². The van der Waals surface area contributed by atoms with Gasteiger partial charge in [-0.05, 0) is 78.3 Å². The summed E-state index contributed by atoms with van der Waals surface area (Å²) in [5.41, 5.74) is 2.75. The number of hydrogen-bond acceptors (Lipinski definition) is 2. The van der Waals surface area contributed by atoms with E-state index >= 15 is 0 Å². The van der Waals surface area contributed by atoms with Crippen LogP contribution in [0.5, 0.6) is 5.75 Å². The fraction of sp³-hybridized carbons (Fsp3) is 0.571. The van der Waals surface area contributed by atoms with Crippen LogP contribution in [0, 0.1) is 12.8 Å². The molecule has 1 heterocycles. The van der Waals surface area contributed by atoms with Gasteiger partial charge in [-0.3, -0.25) is 0 Å². The maximum Gasteiger partial charge on any atom is 0.133 e. The van der Waals surface area contributed by atoms with Crippen LogP contribution in [0.1, 0.15) is 24.0 Å². The van der Waals surface area contributed by atoms with E-state index in [-0.39, 0.29) is 0 Å². The van der Waals surface area contributed by atoms with Crippen LogP contribution in [0.4, 0.5) is 0 Å². The van der Waals surface area contributed by atoms with E-state index in [1.807, 2.05) is 6.07 Å². The van der Waals surface area contributed by atoms with E-state index < -0.39 is 0 Å². The van der Waals surface area contributed by atoms with Crippen molar-refractivity contribution in [1.82, 2.24) is 5.32 Å². The Balaban J connectivity index is 2.18. The van der Waals surface area contributed by atoms with E-state index in [1.165, 1.54) is 30.5 Å². The van der Waals surface area contributed by atoms with Crippen LogP contribution in [0.3, 0.4) is 0 Å². The molecule has 17 heavy (non-hydrogen) atoms. The molecule has 1 aromatic carbocycles. The van der Waals surface area contributed by atoms with Crippen LogP contribution in [-0.4, -0.2) is 20.2 Å². The Morgan fingerprint density at radius 3 is 2.94 bits per heavy atom. The second kappa shape index (κ2) is 5.87. The third-order valence-corrected chi connectivity index (χ3v) is 4.42. The number of rotatable bonds is 3. The molecule has 1 aliphatic heterocycles. The quantitative estimate of drug-likeness (QED) is 0.924. The molecule has 1 aromatic rings. The number of halogens is 1. The molecule has 94 valence electrons. The van der Waals surface area contributed by atoms with E-state index in [2.05, 4.69) is 34.2 Å². The number of nitrogens with one attached hydrogen (secondary N) is 1. The minimum absolute atomic E-state index is 0.755. The Morgan fingerprint density at radius 2 is 2.29 bits per heavy atom. The lowest BCUT2D eigenvalue weighted by Gasteiger charge is -2.24. The first-order chi connectivity index (χ1) is 8.22. The largest absolute Gasteiger partial charge is 0.496 e. The van der Waals surface area contributed by atoms with Crippen molar-refractivity contribution in [2.24, 2.45) is 5.92 Å². The molecule has 2 rings (SSSR count). The van der Waals surface area contributed by atoms with Gasteiger partial charge in [-0.15, -0.1) is 0 Å². The summed E-state index contributed by atoms with van der Waals surface area (Å²) in [6.07, 6.45) is 3.76. The molecule has 2 nitrogen and oxygen atoms in total. The summed E-state index contributed by atoms with van der Waals surface area (Å²) in [5, 5.41) is 3.48. The maximum absolute atomic E-state index is 5.37. The van der Waals surface area contributed by atoms with Crippen LogP contribution in [0.2, 0.25) is 0 Å². The molecule has 0 aromatic heterocycles. The molecule has 0 aliphatic carbocycles. The highest BCUT2D eigenvalue weighted by molar-refractivity contribution is 9.10. The SMILES string of the molecule is COc1ccc(C)c(CC2CCCNC2)c1Br. The molecular weight excluding hydrogens is 278 g/mol. The van der Waals surface area contributed by atoms with E-state index in [0.29, 0.717) is 0 Å². The standard InChI is InChI=1S/C14H20BrNO/c1-10-5-6-13(17-2)14(15)12(10)8-11-4-3-7-16-9-11/h5-6,11,16H,3-4,7-9H2,1-2H3. The molecule has 1 aliphatic rings. The van der Waals surface area contributed by atoms with Crippen molar-refractivity contribution in [2.75, 3.05) is 20.2 Å². The lowest BCUT2D eigenvalue weighted by atomic mass is 9.90. The second-order valence-corrected chi connectivity index (χ2v) is 5.59. The van der Waals surface area contributed by atoms with Gasteiger partial charge in [0.05, 0.1) is 11.6 Å². The normalized spacial score (nSPS) is 20.3. The summed E-state index contributed by atoms with van der Waals surface area (Å²) in [4.78, 5) is 0. The number of ether oxygens (including phenoxy) is 1. The second-order valence-electron chi connectivity index (χ2n) is 4.79. The Bertz CT molecular complexity index is 386. The number of piperidine rings is 1. The molecule has 0 bridgehead atoms. The smallest absolute Gasteiger partial charge is 0.133 e. The first-order valence-electron chi connectivity index (χ1n) is 6.25. The zero-order valence-corrected chi connectivity index (χ0v) is 12.1. The average Bonchev–Trinajstić information content (AvgIpc) is 2.36. The molecule has 0 radical (unpaired) electrons. The van der Waals surface area contributed by atoms with Crippen LogP contribution in [-0.2, 0) is 6.42 Å². The van der Waals surface area contributed by atoms with E-state index in [0.717, 1.165) is 29.1 Å². The Labute approximate surface area is 112 Å². The number of aryl methyl sites for hydroxylation is 1. The predicted molar refractivity (Wildman–Crippen MR) is 74.7 cm³/mol. The molecule has 0 amide bonds. The molecular formula is C14H20BrNO. The topological polar surface area (TPSA) is 21.3 Å². The van der Waals surface area contributed by atoms with Crippen molar-refractivity contribution in [3.8, 4) is 5.75 Å². The monoisotopic (exact) mass is 297 g/mol. The minimum Gasteiger partial charge on any atom is -0.496 e. The van der Waals surface area contributed by atoms with Gasteiger partial charge in [0.15, 0.2) is 0 Å². The van der Waals surface area contributed by atoms with Crippen molar-refractivity contribution >= 4 is 15.9 Å². The van der Waals surface area contributed by atoms with Crippen molar-refractivity contribution in [2.45, 2.75) is 26.2 Å². The molecule has 1 unspecified atom stereocenters. The highest BCUT2D eigenvalue weighted by Crippen LogP contribution is 2.33. The lowest BCUT2D eigenvalue weighted by Crippen LogP contribution is -2.31. The van der Waals surface area contributed by atoms with Crippen molar-refractivity contribution in [3.05, 3.63) is 27.7 Å². The van der Waals surface area contributed by atoms with Gasteiger partial charge in [-0.25, -0.2) is 0 Å².